The molecule has 0 saturated carbocycles. The van der Waals surface area contributed by atoms with Crippen LogP contribution in [0.4, 0.5) is 0 Å². The van der Waals surface area contributed by atoms with Gasteiger partial charge in [0.15, 0.2) is 0 Å². The first-order valence-electron chi connectivity index (χ1n) is 8.18. The molecule has 1 aliphatic rings. The fourth-order valence-electron chi connectivity index (χ4n) is 2.84. The van der Waals surface area contributed by atoms with Gasteiger partial charge in [-0.3, -0.25) is 4.79 Å². The van der Waals surface area contributed by atoms with Crippen LogP contribution < -0.4 is 14.2 Å². The Labute approximate surface area is 151 Å². The number of nitrogens with zero attached hydrogens (tertiary/aromatic N) is 3. The van der Waals surface area contributed by atoms with Crippen LogP contribution in [0.5, 0.6) is 17.4 Å². The molecule has 1 unspecified atom stereocenters. The van der Waals surface area contributed by atoms with Crippen molar-refractivity contribution in [2.75, 3.05) is 27.3 Å². The maximum Gasteiger partial charge on any atom is 0.254 e. The molecule has 0 radical (unpaired) electrons. The number of aromatic nitrogens is 1. The second-order valence-electron chi connectivity index (χ2n) is 5.88. The van der Waals surface area contributed by atoms with Gasteiger partial charge in [-0.05, 0) is 18.2 Å². The minimum atomic E-state index is -0.159. The van der Waals surface area contributed by atoms with Crippen LogP contribution in [0.15, 0.2) is 36.5 Å². The Balaban J connectivity index is 1.68. The first-order valence-corrected chi connectivity index (χ1v) is 8.18. The van der Waals surface area contributed by atoms with Crippen molar-refractivity contribution in [3.63, 3.8) is 0 Å². The van der Waals surface area contributed by atoms with E-state index in [1.54, 1.807) is 49.5 Å². The average Bonchev–Trinajstić information content (AvgIpc) is 3.15. The molecule has 1 fully saturated rings. The number of amides is 1. The van der Waals surface area contributed by atoms with Gasteiger partial charge >= 0.3 is 0 Å². The van der Waals surface area contributed by atoms with Crippen LogP contribution in [0.25, 0.3) is 0 Å². The molecule has 7 nitrogen and oxygen atoms in total. The number of benzene rings is 1. The highest BCUT2D eigenvalue weighted by atomic mass is 16.5. The highest BCUT2D eigenvalue weighted by Crippen LogP contribution is 2.25. The number of nitriles is 1. The minimum Gasteiger partial charge on any atom is -0.497 e. The predicted octanol–water partition coefficient (Wildman–Crippen LogP) is 2.26. The second-order valence-corrected chi connectivity index (χ2v) is 5.88. The lowest BCUT2D eigenvalue weighted by molar-refractivity contribution is 0.0770. The monoisotopic (exact) mass is 353 g/mol. The first kappa shape index (κ1) is 17.5. The fraction of sp³-hybridized carbons (Fsp3) is 0.316. The lowest BCUT2D eigenvalue weighted by Crippen LogP contribution is -2.31. The first-order chi connectivity index (χ1) is 12.6. The summed E-state index contributed by atoms with van der Waals surface area (Å²) >= 11 is 0. The van der Waals surface area contributed by atoms with Crippen molar-refractivity contribution in [2.24, 2.45) is 0 Å². The fourth-order valence-corrected chi connectivity index (χ4v) is 2.84. The summed E-state index contributed by atoms with van der Waals surface area (Å²) in [5, 5.41) is 8.94. The topological polar surface area (TPSA) is 84.7 Å². The van der Waals surface area contributed by atoms with E-state index in [4.69, 9.17) is 19.5 Å². The number of hydrogen-bond donors (Lipinski definition) is 0. The van der Waals surface area contributed by atoms with Crippen molar-refractivity contribution in [2.45, 2.75) is 12.5 Å². The molecule has 0 bridgehead atoms. The molecule has 134 valence electrons. The van der Waals surface area contributed by atoms with E-state index in [0.29, 0.717) is 48.0 Å². The Morgan fingerprint density at radius 3 is 2.62 bits per heavy atom. The van der Waals surface area contributed by atoms with Crippen LogP contribution in [0.1, 0.15) is 22.3 Å². The summed E-state index contributed by atoms with van der Waals surface area (Å²) in [5.41, 5.74) is 0.996. The zero-order valence-electron chi connectivity index (χ0n) is 14.6. The van der Waals surface area contributed by atoms with E-state index in [0.717, 1.165) is 0 Å². The van der Waals surface area contributed by atoms with Gasteiger partial charge in [0.05, 0.1) is 32.4 Å². The number of carbonyl (C=O) groups excluding carboxylic acids is 1. The molecule has 26 heavy (non-hydrogen) atoms. The van der Waals surface area contributed by atoms with Gasteiger partial charge in [0.1, 0.15) is 17.6 Å². The normalized spacial score (nSPS) is 16.0. The average molecular weight is 353 g/mol. The van der Waals surface area contributed by atoms with Crippen LogP contribution in [0.3, 0.4) is 0 Å². The quantitative estimate of drug-likeness (QED) is 0.820. The highest BCUT2D eigenvalue weighted by molar-refractivity contribution is 5.95. The Morgan fingerprint density at radius 2 is 1.96 bits per heavy atom. The van der Waals surface area contributed by atoms with Gasteiger partial charge in [-0.2, -0.15) is 5.26 Å². The molecule has 1 amide bonds. The molecule has 1 aromatic carbocycles. The molecule has 1 aromatic heterocycles. The number of methoxy groups -OCH3 is 2. The molecule has 2 heterocycles. The molecule has 0 N–H and O–H groups in total. The summed E-state index contributed by atoms with van der Waals surface area (Å²) in [7, 11) is 3.09. The van der Waals surface area contributed by atoms with E-state index in [9.17, 15) is 4.79 Å². The van der Waals surface area contributed by atoms with E-state index >= 15 is 0 Å². The standard InChI is InChI=1S/C19H19N3O4/c1-24-16-8-14(9-17(10-16)25-2)19(23)22-6-4-15(12-22)26-18-7-13(11-20)3-5-21-18/h3,5,7-10,15H,4,6,12H2,1-2H3. The van der Waals surface area contributed by atoms with Crippen molar-refractivity contribution < 1.29 is 19.0 Å². The smallest absolute Gasteiger partial charge is 0.254 e. The number of ether oxygens (including phenoxy) is 3. The van der Waals surface area contributed by atoms with E-state index in [-0.39, 0.29) is 12.0 Å². The molecular weight excluding hydrogens is 334 g/mol. The van der Waals surface area contributed by atoms with Crippen molar-refractivity contribution in [1.29, 1.82) is 5.26 Å². The van der Waals surface area contributed by atoms with Gasteiger partial charge in [-0.1, -0.05) is 0 Å². The van der Waals surface area contributed by atoms with E-state index in [1.165, 1.54) is 6.20 Å². The summed E-state index contributed by atoms with van der Waals surface area (Å²) in [6.07, 6.45) is 2.08. The largest absolute Gasteiger partial charge is 0.497 e. The molecule has 1 atom stereocenters. The number of carbonyl (C=O) groups is 1. The van der Waals surface area contributed by atoms with Crippen molar-refractivity contribution >= 4 is 5.91 Å². The van der Waals surface area contributed by atoms with Crippen LogP contribution in [0, 0.1) is 11.3 Å². The van der Waals surface area contributed by atoms with Gasteiger partial charge in [0.25, 0.3) is 5.91 Å². The zero-order valence-corrected chi connectivity index (χ0v) is 14.6. The van der Waals surface area contributed by atoms with Gasteiger partial charge in [-0.25, -0.2) is 4.98 Å². The predicted molar refractivity (Wildman–Crippen MR) is 93.4 cm³/mol. The SMILES string of the molecule is COc1cc(OC)cc(C(=O)N2CCC(Oc3cc(C#N)ccn3)C2)c1. The Hall–Kier alpha value is -3.27. The van der Waals surface area contributed by atoms with Gasteiger partial charge in [0.2, 0.25) is 5.88 Å². The highest BCUT2D eigenvalue weighted by Gasteiger charge is 2.29. The van der Waals surface area contributed by atoms with Crippen molar-refractivity contribution in [3.05, 3.63) is 47.7 Å². The third-order valence-electron chi connectivity index (χ3n) is 4.18. The maximum atomic E-state index is 12.8. The number of likely N-dealkylation sites (tertiary alicyclic amines) is 1. The van der Waals surface area contributed by atoms with E-state index < -0.39 is 0 Å². The Morgan fingerprint density at radius 1 is 1.23 bits per heavy atom. The molecule has 7 heteroatoms. The lowest BCUT2D eigenvalue weighted by atomic mass is 10.1. The van der Waals surface area contributed by atoms with Crippen LogP contribution >= 0.6 is 0 Å². The van der Waals surface area contributed by atoms with Gasteiger partial charge in [0, 0.05) is 36.9 Å². The summed E-state index contributed by atoms with van der Waals surface area (Å²) in [6, 6.07) is 10.4. The number of hydrogen-bond acceptors (Lipinski definition) is 6. The van der Waals surface area contributed by atoms with Crippen molar-refractivity contribution in [1.82, 2.24) is 9.88 Å². The molecule has 0 spiro atoms. The van der Waals surface area contributed by atoms with E-state index in [2.05, 4.69) is 11.1 Å². The Kier molecular flexibility index (Phi) is 5.23. The summed E-state index contributed by atoms with van der Waals surface area (Å²) in [6.45, 7) is 1.04. The van der Waals surface area contributed by atoms with Crippen LogP contribution in [0.2, 0.25) is 0 Å². The maximum absolute atomic E-state index is 12.8. The number of pyridine rings is 1. The molecule has 2 aromatic rings. The van der Waals surface area contributed by atoms with Crippen LogP contribution in [-0.4, -0.2) is 49.2 Å². The van der Waals surface area contributed by atoms with E-state index in [1.807, 2.05) is 0 Å². The van der Waals surface area contributed by atoms with Crippen molar-refractivity contribution in [3.8, 4) is 23.4 Å². The second kappa shape index (κ2) is 7.74. The third kappa shape index (κ3) is 3.86. The Bertz CT molecular complexity index is 825. The van der Waals surface area contributed by atoms with Gasteiger partial charge < -0.3 is 19.1 Å². The molecule has 3 rings (SSSR count). The minimum absolute atomic E-state index is 0.105. The third-order valence-corrected chi connectivity index (χ3v) is 4.18. The summed E-state index contributed by atoms with van der Waals surface area (Å²) in [5.74, 6) is 1.42. The summed E-state index contributed by atoms with van der Waals surface area (Å²) < 4.78 is 16.3. The molecule has 1 aliphatic heterocycles. The zero-order chi connectivity index (χ0) is 18.5. The number of rotatable bonds is 5. The molecule has 0 aliphatic carbocycles. The molecular formula is C19H19N3O4. The summed E-state index contributed by atoms with van der Waals surface area (Å²) in [4.78, 5) is 18.6. The van der Waals surface area contributed by atoms with Crippen LogP contribution in [-0.2, 0) is 0 Å². The lowest BCUT2D eigenvalue weighted by Gasteiger charge is -2.18. The van der Waals surface area contributed by atoms with Gasteiger partial charge in [-0.15, -0.1) is 0 Å². The molecule has 1 saturated heterocycles.